The summed E-state index contributed by atoms with van der Waals surface area (Å²) in [6.45, 7) is 28.4. The van der Waals surface area contributed by atoms with Gasteiger partial charge in [-0.15, -0.1) is 0 Å². The van der Waals surface area contributed by atoms with Crippen molar-refractivity contribution < 1.29 is 0 Å². The Hall–Kier alpha value is -7.80. The summed E-state index contributed by atoms with van der Waals surface area (Å²) >= 11 is 0. The van der Waals surface area contributed by atoms with Gasteiger partial charge in [0.15, 0.2) is 0 Å². The van der Waals surface area contributed by atoms with E-state index in [-0.39, 0.29) is 21.7 Å². The lowest BCUT2D eigenvalue weighted by Crippen LogP contribution is -2.17. The highest BCUT2D eigenvalue weighted by Crippen LogP contribution is 2.65. The third kappa shape index (κ3) is 7.46. The van der Waals surface area contributed by atoms with E-state index in [4.69, 9.17) is 0 Å². The zero-order chi connectivity index (χ0) is 52.8. The van der Waals surface area contributed by atoms with Crippen molar-refractivity contribution in [2.45, 2.75) is 105 Å². The van der Waals surface area contributed by atoms with Crippen molar-refractivity contribution in [3.8, 4) is 100 Å². The lowest BCUT2D eigenvalue weighted by atomic mass is 9.75. The van der Waals surface area contributed by atoms with E-state index in [1.165, 1.54) is 155 Å². The lowest BCUT2D eigenvalue weighted by Gasteiger charge is -2.29. The summed E-state index contributed by atoms with van der Waals surface area (Å²) in [6, 6.07) is 74.9. The van der Waals surface area contributed by atoms with Gasteiger partial charge < -0.3 is 0 Å². The SMILES string of the molecule is CC(C)(C)c1cc(-c2c3c(c(-c4cc(C(C)(C)C)cc(C(C)(C)C)c4)c4cc(-c5ccccc5)ccc24)-c2ccc4c5c(ccc-3c25)-c2c-4c(-c3ccccc3)c3ccccc3c2-c2ccccc2)cc(C(C)(C)C)c1. The van der Waals surface area contributed by atoms with Crippen LogP contribution in [-0.4, -0.2) is 0 Å². The quantitative estimate of drug-likeness (QED) is 0.161. The topological polar surface area (TPSA) is 0 Å². The van der Waals surface area contributed by atoms with Gasteiger partial charge >= 0.3 is 0 Å². The van der Waals surface area contributed by atoms with Crippen LogP contribution in [0.5, 0.6) is 0 Å². The van der Waals surface area contributed by atoms with Crippen LogP contribution in [0.15, 0.2) is 194 Å². The predicted octanol–water partition coefficient (Wildman–Crippen LogP) is 22.0. The molecule has 0 bridgehead atoms. The molecule has 0 unspecified atom stereocenters. The summed E-state index contributed by atoms with van der Waals surface area (Å²) in [6.07, 6.45) is 0. The molecular weight excluding hydrogens is 913 g/mol. The van der Waals surface area contributed by atoms with Gasteiger partial charge in [0, 0.05) is 0 Å². The standard InChI is InChI=1S/C76H68/c1-73(2,3)51-38-49(39-52(43-51)74(4,5)6)65-57-33-32-48(45-24-16-13-17-25-45)42-62(57)66(50-40-53(75(7,8)9)44-54(41-50)76(10,11)12)72-61-37-35-59-67-58(34-36-60(68(61)67)71(65)72)69-63(46-26-18-14-19-27-46)55-30-22-23-31-56(55)64(70(59)69)47-28-20-15-21-29-47/h13-44H,1-12H3. The lowest BCUT2D eigenvalue weighted by molar-refractivity contribution is 0.568. The van der Waals surface area contributed by atoms with Crippen molar-refractivity contribution in [3.63, 3.8) is 0 Å². The zero-order valence-corrected chi connectivity index (χ0v) is 46.5. The molecule has 0 atom stereocenters. The monoisotopic (exact) mass is 981 g/mol. The smallest absolute Gasteiger partial charge is 0.000740 e. The van der Waals surface area contributed by atoms with Crippen LogP contribution in [0, 0.1) is 0 Å². The highest BCUT2D eigenvalue weighted by Gasteiger charge is 2.38. The van der Waals surface area contributed by atoms with Crippen molar-refractivity contribution >= 4 is 32.3 Å². The second-order valence-electron chi connectivity index (χ2n) is 26.1. The van der Waals surface area contributed by atoms with Gasteiger partial charge in [0.05, 0.1) is 0 Å². The summed E-state index contributed by atoms with van der Waals surface area (Å²) in [5.74, 6) is 0. The Kier molecular flexibility index (Phi) is 10.6. The number of rotatable bonds is 5. The number of hydrogen-bond donors (Lipinski definition) is 0. The maximum absolute atomic E-state index is 2.54. The molecule has 0 saturated heterocycles. The van der Waals surface area contributed by atoms with Crippen LogP contribution in [0.1, 0.15) is 105 Å². The molecule has 0 nitrogen and oxygen atoms in total. The van der Waals surface area contributed by atoms with Crippen LogP contribution in [0.3, 0.4) is 0 Å². The molecule has 0 aromatic heterocycles. The normalized spacial score (nSPS) is 13.0. The van der Waals surface area contributed by atoms with Crippen LogP contribution in [0.2, 0.25) is 0 Å². The van der Waals surface area contributed by atoms with E-state index in [0.29, 0.717) is 0 Å². The molecule has 76 heavy (non-hydrogen) atoms. The molecule has 11 aromatic rings. The molecule has 372 valence electrons. The second-order valence-corrected chi connectivity index (χ2v) is 26.1. The van der Waals surface area contributed by atoms with Crippen LogP contribution >= 0.6 is 0 Å². The summed E-state index contributed by atoms with van der Waals surface area (Å²) in [5, 5.41) is 7.84. The molecule has 0 heteroatoms. The number of hydrogen-bond acceptors (Lipinski definition) is 0. The van der Waals surface area contributed by atoms with Crippen molar-refractivity contribution in [3.05, 3.63) is 216 Å². The molecule has 0 fully saturated rings. The molecule has 0 radical (unpaired) electrons. The fourth-order valence-corrected chi connectivity index (χ4v) is 12.8. The molecule has 2 aliphatic carbocycles. The van der Waals surface area contributed by atoms with E-state index < -0.39 is 0 Å². The number of benzene rings is 11. The first-order valence-corrected chi connectivity index (χ1v) is 27.6. The van der Waals surface area contributed by atoms with Gasteiger partial charge in [-0.05, 0) is 182 Å². The first kappa shape index (κ1) is 47.9. The van der Waals surface area contributed by atoms with Crippen LogP contribution in [0.25, 0.3) is 132 Å². The number of fused-ring (bicyclic) bond motifs is 8. The van der Waals surface area contributed by atoms with Gasteiger partial charge in [-0.2, -0.15) is 0 Å². The molecule has 0 amide bonds. The highest BCUT2D eigenvalue weighted by atomic mass is 14.4. The molecule has 0 N–H and O–H groups in total. The highest BCUT2D eigenvalue weighted by molar-refractivity contribution is 6.35. The molecule has 0 aliphatic heterocycles. The molecule has 2 aliphatic rings. The first-order valence-electron chi connectivity index (χ1n) is 27.6. The average Bonchev–Trinajstić information content (AvgIpc) is 4.15. The van der Waals surface area contributed by atoms with E-state index in [1.807, 2.05) is 0 Å². The average molecular weight is 981 g/mol. The molecular formula is C76H68. The summed E-state index contributed by atoms with van der Waals surface area (Å²) in [7, 11) is 0. The second kappa shape index (κ2) is 16.9. The maximum atomic E-state index is 2.54. The largest absolute Gasteiger partial charge is 0.0622 e. The van der Waals surface area contributed by atoms with Crippen molar-refractivity contribution in [2.75, 3.05) is 0 Å². The summed E-state index contributed by atoms with van der Waals surface area (Å²) in [5.41, 5.74) is 28.5. The first-order chi connectivity index (χ1) is 36.3. The molecule has 0 heterocycles. The third-order valence-corrected chi connectivity index (χ3v) is 16.9. The van der Waals surface area contributed by atoms with Gasteiger partial charge in [-0.1, -0.05) is 271 Å². The van der Waals surface area contributed by atoms with Gasteiger partial charge in [-0.25, -0.2) is 0 Å². The van der Waals surface area contributed by atoms with Crippen LogP contribution in [-0.2, 0) is 21.7 Å². The van der Waals surface area contributed by atoms with E-state index >= 15 is 0 Å². The molecule has 0 saturated carbocycles. The minimum absolute atomic E-state index is 0.0695. The van der Waals surface area contributed by atoms with Gasteiger partial charge in [0.25, 0.3) is 0 Å². The maximum Gasteiger partial charge on any atom is -0.000740 e. The molecule has 11 aromatic carbocycles. The predicted molar refractivity (Wildman–Crippen MR) is 330 cm³/mol. The zero-order valence-electron chi connectivity index (χ0n) is 46.5. The minimum Gasteiger partial charge on any atom is -0.0622 e. The van der Waals surface area contributed by atoms with Crippen molar-refractivity contribution in [2.24, 2.45) is 0 Å². The molecule has 0 spiro atoms. The Morgan fingerprint density at radius 2 is 0.487 bits per heavy atom. The van der Waals surface area contributed by atoms with E-state index in [0.717, 1.165) is 0 Å². The Morgan fingerprint density at radius 3 is 0.829 bits per heavy atom. The van der Waals surface area contributed by atoms with Crippen molar-refractivity contribution in [1.29, 1.82) is 0 Å². The Balaban J connectivity index is 1.24. The van der Waals surface area contributed by atoms with E-state index in [1.54, 1.807) is 0 Å². The fraction of sp³-hybridized carbons (Fsp3) is 0.211. The van der Waals surface area contributed by atoms with E-state index in [9.17, 15) is 0 Å². The van der Waals surface area contributed by atoms with Gasteiger partial charge in [0.2, 0.25) is 0 Å². The van der Waals surface area contributed by atoms with Crippen LogP contribution in [0.4, 0.5) is 0 Å². The summed E-state index contributed by atoms with van der Waals surface area (Å²) in [4.78, 5) is 0. The third-order valence-electron chi connectivity index (χ3n) is 16.9. The van der Waals surface area contributed by atoms with Gasteiger partial charge in [0.1, 0.15) is 0 Å². The molecule has 13 rings (SSSR count). The summed E-state index contributed by atoms with van der Waals surface area (Å²) < 4.78 is 0. The Labute approximate surface area is 451 Å². The van der Waals surface area contributed by atoms with Crippen molar-refractivity contribution in [1.82, 2.24) is 0 Å². The minimum atomic E-state index is -0.0748. The fourth-order valence-electron chi connectivity index (χ4n) is 12.8. The Bertz CT molecular complexity index is 4040. The Morgan fingerprint density at radius 1 is 0.197 bits per heavy atom. The van der Waals surface area contributed by atoms with E-state index in [2.05, 4.69) is 277 Å². The van der Waals surface area contributed by atoms with Gasteiger partial charge in [-0.3, -0.25) is 0 Å². The van der Waals surface area contributed by atoms with Crippen LogP contribution < -0.4 is 0 Å².